The number of likely N-dealkylation sites (N-methyl/N-ethyl adjacent to an activating group) is 1. The van der Waals surface area contributed by atoms with Gasteiger partial charge in [0.15, 0.2) is 11.5 Å². The van der Waals surface area contributed by atoms with Crippen LogP contribution in [0.4, 0.5) is 18.9 Å². The predicted octanol–water partition coefficient (Wildman–Crippen LogP) is 3.22. The lowest BCUT2D eigenvalue weighted by molar-refractivity contribution is -0.137. The molecule has 12 heteroatoms. The number of rotatable bonds is 5. The van der Waals surface area contributed by atoms with Gasteiger partial charge in [0.05, 0.1) is 25.5 Å². The summed E-state index contributed by atoms with van der Waals surface area (Å²) in [5.41, 5.74) is -1.17. The molecule has 170 valence electrons. The molecular formula is C20H18F3N3O5S. The first kappa shape index (κ1) is 23.1. The Labute approximate surface area is 182 Å². The van der Waals surface area contributed by atoms with Crippen molar-refractivity contribution in [2.24, 2.45) is 4.40 Å². The van der Waals surface area contributed by atoms with Gasteiger partial charge in [-0.25, -0.2) is 4.31 Å². The van der Waals surface area contributed by atoms with Crippen LogP contribution in [0, 0.1) is 0 Å². The number of amides is 1. The molecule has 1 aliphatic rings. The van der Waals surface area contributed by atoms with Gasteiger partial charge in [-0.3, -0.25) is 4.79 Å². The molecule has 0 saturated carbocycles. The highest BCUT2D eigenvalue weighted by atomic mass is 32.2. The maximum absolute atomic E-state index is 12.9. The number of methoxy groups -OCH3 is 2. The largest absolute Gasteiger partial charge is 0.493 e. The van der Waals surface area contributed by atoms with Crippen molar-refractivity contribution in [2.75, 3.05) is 26.6 Å². The number of hydrogen-bond acceptors (Lipinski definition) is 5. The number of carbonyl (C=O) groups is 1. The van der Waals surface area contributed by atoms with Gasteiger partial charge in [0.1, 0.15) is 5.70 Å². The number of nitrogens with one attached hydrogen (secondary N) is 1. The highest BCUT2D eigenvalue weighted by Gasteiger charge is 2.32. The Morgan fingerprint density at radius 3 is 2.38 bits per heavy atom. The fraction of sp³-hybridized carbons (Fsp3) is 0.200. The third-order valence-electron chi connectivity index (χ3n) is 4.53. The third kappa shape index (κ3) is 4.69. The van der Waals surface area contributed by atoms with Gasteiger partial charge in [0, 0.05) is 18.3 Å². The maximum Gasteiger partial charge on any atom is 0.416 e. The van der Waals surface area contributed by atoms with E-state index in [0.29, 0.717) is 21.4 Å². The summed E-state index contributed by atoms with van der Waals surface area (Å²) in [4.78, 5) is 12.8. The number of anilines is 1. The van der Waals surface area contributed by atoms with Gasteiger partial charge in [0.2, 0.25) is 0 Å². The van der Waals surface area contributed by atoms with Crippen LogP contribution in [0.25, 0.3) is 0 Å². The van der Waals surface area contributed by atoms with Crippen LogP contribution in [0.2, 0.25) is 0 Å². The van der Waals surface area contributed by atoms with E-state index in [0.717, 1.165) is 25.2 Å². The van der Waals surface area contributed by atoms with Crippen LogP contribution < -0.4 is 14.8 Å². The van der Waals surface area contributed by atoms with Gasteiger partial charge in [-0.05, 0) is 42.5 Å². The molecule has 0 atom stereocenters. The Kier molecular flexibility index (Phi) is 6.17. The standard InChI is InChI=1S/C20H18F3N3O5S/c1-26-16(19(27)24-14-6-4-5-13(10-14)20(21,22)23)11-15(25-32(26,28)29)12-7-8-17(30-2)18(9-12)31-3/h4-11H,1-3H3,(H,24,27). The molecule has 1 aliphatic heterocycles. The molecule has 0 aliphatic carbocycles. The molecule has 0 saturated heterocycles. The Morgan fingerprint density at radius 2 is 1.75 bits per heavy atom. The van der Waals surface area contributed by atoms with E-state index in [4.69, 9.17) is 9.47 Å². The Balaban J connectivity index is 1.98. The summed E-state index contributed by atoms with van der Waals surface area (Å²) in [6, 6.07) is 8.54. The summed E-state index contributed by atoms with van der Waals surface area (Å²) in [6.45, 7) is 0. The van der Waals surface area contributed by atoms with Crippen LogP contribution in [-0.2, 0) is 21.2 Å². The van der Waals surface area contributed by atoms with Crippen molar-refractivity contribution in [3.05, 3.63) is 65.4 Å². The average Bonchev–Trinajstić information content (AvgIpc) is 2.74. The van der Waals surface area contributed by atoms with E-state index in [1.807, 2.05) is 0 Å². The van der Waals surface area contributed by atoms with Crippen LogP contribution in [0.1, 0.15) is 11.1 Å². The summed E-state index contributed by atoms with van der Waals surface area (Å²) < 4.78 is 78.5. The highest BCUT2D eigenvalue weighted by Crippen LogP contribution is 2.32. The van der Waals surface area contributed by atoms with E-state index in [2.05, 4.69) is 9.71 Å². The zero-order valence-corrected chi connectivity index (χ0v) is 17.9. The fourth-order valence-corrected chi connectivity index (χ4v) is 3.78. The van der Waals surface area contributed by atoms with Crippen molar-refractivity contribution < 1.29 is 35.9 Å². The molecule has 0 fully saturated rings. The molecule has 2 aromatic carbocycles. The molecule has 3 rings (SSSR count). The number of halogens is 3. The lowest BCUT2D eigenvalue weighted by Gasteiger charge is -2.24. The van der Waals surface area contributed by atoms with Gasteiger partial charge >= 0.3 is 16.4 Å². The van der Waals surface area contributed by atoms with E-state index in [9.17, 15) is 26.4 Å². The SMILES string of the molecule is COc1ccc(C2=NS(=O)(=O)N(C)C(C(=O)Nc3cccc(C(F)(F)F)c3)=C2)cc1OC. The topological polar surface area (TPSA) is 97.3 Å². The molecule has 1 amide bonds. The molecular weight excluding hydrogens is 451 g/mol. The minimum atomic E-state index is -4.60. The van der Waals surface area contributed by atoms with Crippen molar-refractivity contribution in [2.45, 2.75) is 6.18 Å². The number of carbonyl (C=O) groups excluding carboxylic acids is 1. The Morgan fingerprint density at radius 1 is 1.06 bits per heavy atom. The van der Waals surface area contributed by atoms with E-state index in [1.54, 1.807) is 0 Å². The lowest BCUT2D eigenvalue weighted by atomic mass is 10.1. The number of hydrogen-bond donors (Lipinski definition) is 1. The normalized spacial score (nSPS) is 15.5. The lowest BCUT2D eigenvalue weighted by Crippen LogP contribution is -2.35. The van der Waals surface area contributed by atoms with E-state index >= 15 is 0 Å². The zero-order valence-electron chi connectivity index (χ0n) is 17.1. The molecule has 0 bridgehead atoms. The molecule has 0 radical (unpaired) electrons. The minimum Gasteiger partial charge on any atom is -0.493 e. The summed E-state index contributed by atoms with van der Waals surface area (Å²) in [5.74, 6) is -0.213. The van der Waals surface area contributed by atoms with Crippen LogP contribution in [0.5, 0.6) is 11.5 Å². The molecule has 0 unspecified atom stereocenters. The van der Waals surface area contributed by atoms with Gasteiger partial charge in [-0.2, -0.15) is 21.6 Å². The second-order valence-electron chi connectivity index (χ2n) is 6.55. The van der Waals surface area contributed by atoms with Gasteiger partial charge in [-0.1, -0.05) is 6.07 Å². The Hall–Kier alpha value is -3.54. The predicted molar refractivity (Wildman–Crippen MR) is 111 cm³/mol. The number of ether oxygens (including phenoxy) is 2. The molecule has 0 aromatic heterocycles. The van der Waals surface area contributed by atoms with Crippen molar-refractivity contribution in [1.29, 1.82) is 0 Å². The fourth-order valence-electron chi connectivity index (χ4n) is 2.87. The van der Waals surface area contributed by atoms with Crippen molar-refractivity contribution in [3.8, 4) is 11.5 Å². The van der Waals surface area contributed by atoms with Crippen LogP contribution >= 0.6 is 0 Å². The van der Waals surface area contributed by atoms with Crippen LogP contribution in [-0.4, -0.2) is 45.6 Å². The van der Waals surface area contributed by atoms with E-state index in [-0.39, 0.29) is 17.1 Å². The molecule has 32 heavy (non-hydrogen) atoms. The minimum absolute atomic E-state index is 0.0572. The molecule has 1 heterocycles. The zero-order chi connectivity index (χ0) is 23.7. The molecule has 2 aromatic rings. The quantitative estimate of drug-likeness (QED) is 0.725. The molecule has 0 spiro atoms. The second kappa shape index (κ2) is 8.54. The van der Waals surface area contributed by atoms with Crippen LogP contribution in [0.3, 0.4) is 0 Å². The summed E-state index contributed by atoms with van der Waals surface area (Å²) in [6.07, 6.45) is -3.39. The monoisotopic (exact) mass is 469 g/mol. The third-order valence-corrected chi connectivity index (χ3v) is 5.85. The van der Waals surface area contributed by atoms with Gasteiger partial charge in [-0.15, -0.1) is 4.40 Å². The first-order valence-electron chi connectivity index (χ1n) is 8.98. The number of allylic oxidation sites excluding steroid dienone is 1. The number of nitrogens with zero attached hydrogens (tertiary/aromatic N) is 2. The number of benzene rings is 2. The second-order valence-corrected chi connectivity index (χ2v) is 8.18. The highest BCUT2D eigenvalue weighted by molar-refractivity contribution is 7.88. The Bertz CT molecular complexity index is 1220. The summed E-state index contributed by atoms with van der Waals surface area (Å²) >= 11 is 0. The first-order chi connectivity index (χ1) is 15.0. The maximum atomic E-state index is 12.9. The van der Waals surface area contributed by atoms with Crippen molar-refractivity contribution in [3.63, 3.8) is 0 Å². The van der Waals surface area contributed by atoms with Gasteiger partial charge < -0.3 is 14.8 Å². The van der Waals surface area contributed by atoms with Crippen molar-refractivity contribution in [1.82, 2.24) is 4.31 Å². The summed E-state index contributed by atoms with van der Waals surface area (Å²) in [5, 5.41) is 2.29. The summed E-state index contributed by atoms with van der Waals surface area (Å²) in [7, 11) is -0.322. The molecule has 1 N–H and O–H groups in total. The van der Waals surface area contributed by atoms with E-state index in [1.165, 1.54) is 44.6 Å². The molecule has 8 nitrogen and oxygen atoms in total. The van der Waals surface area contributed by atoms with Crippen molar-refractivity contribution >= 4 is 27.5 Å². The van der Waals surface area contributed by atoms with Crippen LogP contribution in [0.15, 0.2) is 58.6 Å². The first-order valence-corrected chi connectivity index (χ1v) is 10.4. The average molecular weight is 469 g/mol. The smallest absolute Gasteiger partial charge is 0.416 e. The number of alkyl halides is 3. The van der Waals surface area contributed by atoms with E-state index < -0.39 is 27.9 Å². The van der Waals surface area contributed by atoms with Gasteiger partial charge in [0.25, 0.3) is 5.91 Å².